The highest BCUT2D eigenvalue weighted by Crippen LogP contribution is 2.62. The summed E-state index contributed by atoms with van der Waals surface area (Å²) in [6.07, 6.45) is 9.88. The van der Waals surface area contributed by atoms with E-state index in [4.69, 9.17) is 4.99 Å². The molecule has 3 nitrogen and oxygen atoms in total. The highest BCUT2D eigenvalue weighted by molar-refractivity contribution is 5.85. The Morgan fingerprint density at radius 1 is 1.00 bits per heavy atom. The third kappa shape index (κ3) is 2.85. The number of aliphatic hydroxyl groups is 1. The quantitative estimate of drug-likeness (QED) is 0.691. The van der Waals surface area contributed by atoms with Crippen LogP contribution in [0, 0.1) is 24.7 Å². The van der Waals surface area contributed by atoms with Crippen LogP contribution in [0.1, 0.15) is 72.4 Å². The van der Waals surface area contributed by atoms with Crippen LogP contribution in [0.5, 0.6) is 5.75 Å². The van der Waals surface area contributed by atoms with Gasteiger partial charge in [0.05, 0.1) is 6.10 Å². The zero-order valence-electron chi connectivity index (χ0n) is 17.7. The Morgan fingerprint density at radius 2 is 1.67 bits per heavy atom. The molecule has 0 amide bonds. The van der Waals surface area contributed by atoms with Crippen LogP contribution >= 0.6 is 0 Å². The lowest BCUT2D eigenvalue weighted by molar-refractivity contribution is -0.00616. The molecule has 30 heavy (non-hydrogen) atoms. The number of rotatable bonds is 3. The van der Waals surface area contributed by atoms with E-state index in [-0.39, 0.29) is 11.5 Å². The maximum absolute atomic E-state index is 11.4. The summed E-state index contributed by atoms with van der Waals surface area (Å²) in [4.78, 5) is 4.77. The Balaban J connectivity index is 1.36. The third-order valence-electron chi connectivity index (χ3n) is 8.43. The molecule has 5 aliphatic rings. The normalized spacial score (nSPS) is 36.5. The van der Waals surface area contributed by atoms with Crippen molar-refractivity contribution in [2.24, 2.45) is 22.7 Å². The van der Waals surface area contributed by atoms with E-state index in [9.17, 15) is 10.2 Å². The second-order valence-corrected chi connectivity index (χ2v) is 10.6. The molecular weight excluding hydrogens is 370 g/mol. The molecule has 2 aromatic carbocycles. The summed E-state index contributed by atoms with van der Waals surface area (Å²) in [6.45, 7) is 2.13. The minimum absolute atomic E-state index is 0.160. The average molecular weight is 402 g/mol. The SMILES string of the molecule is Cc1cc(C=NC2c3ccccc3CC2O)c(O)c(C23CC4CC(CC(C4)C2)C3)c1. The number of aliphatic hydroxyl groups excluding tert-OH is 1. The van der Waals surface area contributed by atoms with E-state index in [1.165, 1.54) is 49.7 Å². The van der Waals surface area contributed by atoms with Crippen molar-refractivity contribution in [3.63, 3.8) is 0 Å². The van der Waals surface area contributed by atoms with E-state index in [0.29, 0.717) is 12.2 Å². The summed E-state index contributed by atoms with van der Waals surface area (Å²) in [5.74, 6) is 2.96. The van der Waals surface area contributed by atoms with E-state index in [1.54, 1.807) is 0 Å². The second-order valence-electron chi connectivity index (χ2n) is 10.6. The van der Waals surface area contributed by atoms with Crippen molar-refractivity contribution < 1.29 is 10.2 Å². The van der Waals surface area contributed by atoms with Crippen LogP contribution in [0.3, 0.4) is 0 Å². The number of fused-ring (bicyclic) bond motifs is 1. The van der Waals surface area contributed by atoms with E-state index >= 15 is 0 Å². The molecule has 7 rings (SSSR count). The summed E-state index contributed by atoms with van der Waals surface area (Å²) in [7, 11) is 0. The first-order valence-electron chi connectivity index (χ1n) is 11.6. The summed E-state index contributed by atoms with van der Waals surface area (Å²) in [5, 5.41) is 21.9. The number of nitrogens with zero attached hydrogens (tertiary/aromatic N) is 1. The van der Waals surface area contributed by atoms with E-state index in [1.807, 2.05) is 24.4 Å². The predicted octanol–water partition coefficient (Wildman–Crippen LogP) is 5.25. The molecule has 0 spiro atoms. The molecule has 4 saturated carbocycles. The molecule has 5 aliphatic carbocycles. The van der Waals surface area contributed by atoms with Gasteiger partial charge in [-0.2, -0.15) is 0 Å². The highest BCUT2D eigenvalue weighted by atomic mass is 16.3. The fraction of sp³-hybridized carbons (Fsp3) is 0.519. The number of benzene rings is 2. The average Bonchev–Trinajstić information content (AvgIpc) is 3.02. The fourth-order valence-electron chi connectivity index (χ4n) is 7.64. The number of hydrogen-bond donors (Lipinski definition) is 2. The van der Waals surface area contributed by atoms with Gasteiger partial charge in [0.25, 0.3) is 0 Å². The molecule has 156 valence electrons. The van der Waals surface area contributed by atoms with Crippen LogP contribution in [0.15, 0.2) is 41.4 Å². The lowest BCUT2D eigenvalue weighted by Gasteiger charge is -2.57. The van der Waals surface area contributed by atoms with Gasteiger partial charge in [-0.3, -0.25) is 4.99 Å². The van der Waals surface area contributed by atoms with Crippen LogP contribution in [-0.2, 0) is 11.8 Å². The molecule has 0 radical (unpaired) electrons. The van der Waals surface area contributed by atoms with Gasteiger partial charge in [-0.15, -0.1) is 0 Å². The third-order valence-corrected chi connectivity index (χ3v) is 8.43. The lowest BCUT2D eigenvalue weighted by Crippen LogP contribution is -2.48. The smallest absolute Gasteiger partial charge is 0.128 e. The molecule has 2 unspecified atom stereocenters. The summed E-state index contributed by atoms with van der Waals surface area (Å²) < 4.78 is 0. The van der Waals surface area contributed by atoms with Crippen LogP contribution in [0.25, 0.3) is 0 Å². The van der Waals surface area contributed by atoms with Gasteiger partial charge in [0, 0.05) is 23.8 Å². The molecule has 0 aliphatic heterocycles. The van der Waals surface area contributed by atoms with Crippen molar-refractivity contribution in [2.45, 2.75) is 69.4 Å². The number of phenols is 1. The van der Waals surface area contributed by atoms with Gasteiger partial charge in [-0.1, -0.05) is 30.3 Å². The van der Waals surface area contributed by atoms with Crippen molar-refractivity contribution >= 4 is 6.21 Å². The molecule has 3 heteroatoms. The maximum Gasteiger partial charge on any atom is 0.128 e. The summed E-state index contributed by atoms with van der Waals surface area (Å²) in [6, 6.07) is 12.2. The molecule has 2 N–H and O–H groups in total. The first-order chi connectivity index (χ1) is 14.5. The molecule has 4 bridgehead atoms. The Bertz CT molecular complexity index is 988. The van der Waals surface area contributed by atoms with Crippen LogP contribution in [0.4, 0.5) is 0 Å². The van der Waals surface area contributed by atoms with Crippen LogP contribution in [0.2, 0.25) is 0 Å². The molecule has 0 saturated heterocycles. The van der Waals surface area contributed by atoms with Gasteiger partial charge >= 0.3 is 0 Å². The zero-order chi connectivity index (χ0) is 20.5. The number of aliphatic imine (C=N–C) groups is 1. The molecule has 2 atom stereocenters. The first kappa shape index (κ1) is 18.6. The van der Waals surface area contributed by atoms with Crippen molar-refractivity contribution in [3.05, 3.63) is 64.2 Å². The molecule has 0 heterocycles. The predicted molar refractivity (Wildman–Crippen MR) is 119 cm³/mol. The second kappa shape index (κ2) is 6.68. The Hall–Kier alpha value is -2.13. The first-order valence-corrected chi connectivity index (χ1v) is 11.6. The number of phenolic OH excluding ortho intramolecular Hbond substituents is 1. The minimum Gasteiger partial charge on any atom is -0.507 e. The molecule has 2 aromatic rings. The number of aromatic hydroxyl groups is 1. The van der Waals surface area contributed by atoms with Crippen molar-refractivity contribution in [3.8, 4) is 5.75 Å². The minimum atomic E-state index is -0.492. The molecular formula is C27H31NO2. The number of hydrogen-bond acceptors (Lipinski definition) is 3. The standard InChI is InChI=1S/C27H31NO2/c1-16-6-21(15-28-25-22-5-3-2-4-20(22)11-24(25)29)26(30)23(7-16)27-12-17-8-18(13-27)10-19(9-17)14-27/h2-7,15,17-19,24-25,29-30H,8-14H2,1H3. The summed E-state index contributed by atoms with van der Waals surface area (Å²) >= 11 is 0. The van der Waals surface area contributed by atoms with Crippen LogP contribution < -0.4 is 0 Å². The van der Waals surface area contributed by atoms with Gasteiger partial charge in [0.1, 0.15) is 11.8 Å². The number of aryl methyl sites for hydroxylation is 1. The monoisotopic (exact) mass is 401 g/mol. The lowest BCUT2D eigenvalue weighted by atomic mass is 9.48. The van der Waals surface area contributed by atoms with Crippen LogP contribution in [-0.4, -0.2) is 22.5 Å². The Labute approximate surface area is 178 Å². The topological polar surface area (TPSA) is 52.8 Å². The molecule has 4 fully saturated rings. The largest absolute Gasteiger partial charge is 0.507 e. The molecule has 0 aromatic heterocycles. The van der Waals surface area contributed by atoms with Gasteiger partial charge in [0.15, 0.2) is 0 Å². The van der Waals surface area contributed by atoms with E-state index in [2.05, 4.69) is 25.1 Å². The van der Waals surface area contributed by atoms with Crippen molar-refractivity contribution in [2.75, 3.05) is 0 Å². The van der Waals surface area contributed by atoms with Gasteiger partial charge in [-0.25, -0.2) is 0 Å². The Kier molecular flexibility index (Phi) is 4.15. The van der Waals surface area contributed by atoms with Crippen molar-refractivity contribution in [1.29, 1.82) is 0 Å². The maximum atomic E-state index is 11.4. The van der Waals surface area contributed by atoms with Gasteiger partial charge in [0.2, 0.25) is 0 Å². The summed E-state index contributed by atoms with van der Waals surface area (Å²) in [5.41, 5.74) is 5.59. The Morgan fingerprint density at radius 3 is 2.37 bits per heavy atom. The fourth-order valence-corrected chi connectivity index (χ4v) is 7.64. The van der Waals surface area contributed by atoms with Gasteiger partial charge in [-0.05, 0) is 91.4 Å². The van der Waals surface area contributed by atoms with Crippen molar-refractivity contribution in [1.82, 2.24) is 0 Å². The van der Waals surface area contributed by atoms with E-state index in [0.717, 1.165) is 34.4 Å². The highest BCUT2D eigenvalue weighted by Gasteiger charge is 2.52. The van der Waals surface area contributed by atoms with E-state index < -0.39 is 6.10 Å². The van der Waals surface area contributed by atoms with Gasteiger partial charge < -0.3 is 10.2 Å². The zero-order valence-corrected chi connectivity index (χ0v) is 17.7.